The second-order valence-electron chi connectivity index (χ2n) is 7.02. The second-order valence-corrected chi connectivity index (χ2v) is 9.10. The van der Waals surface area contributed by atoms with Gasteiger partial charge in [-0.1, -0.05) is 35.0 Å². The van der Waals surface area contributed by atoms with Gasteiger partial charge in [-0.2, -0.15) is 5.10 Å². The van der Waals surface area contributed by atoms with Gasteiger partial charge in [-0.3, -0.25) is 4.79 Å². The number of hydrazone groups is 1. The van der Waals surface area contributed by atoms with Crippen LogP contribution in [0.5, 0.6) is 17.2 Å². The number of halogens is 2. The molecule has 1 amide bonds. The first-order valence-electron chi connectivity index (χ1n) is 10.3. The molecule has 0 atom stereocenters. The van der Waals surface area contributed by atoms with Crippen LogP contribution in [-0.2, 0) is 6.61 Å². The SMILES string of the molecule is CCCOc1ccc(C(=O)N/N=C/c2cc(I)c(OCc3ccc(Br)cc3)c(OC)c2)cc1. The van der Waals surface area contributed by atoms with Crippen molar-refractivity contribution < 1.29 is 19.0 Å². The molecule has 0 fully saturated rings. The van der Waals surface area contributed by atoms with Crippen molar-refractivity contribution in [3.63, 3.8) is 0 Å². The van der Waals surface area contributed by atoms with E-state index in [1.807, 2.05) is 43.3 Å². The smallest absolute Gasteiger partial charge is 0.271 e. The van der Waals surface area contributed by atoms with Gasteiger partial charge in [0.05, 0.1) is 23.5 Å². The van der Waals surface area contributed by atoms with Crippen LogP contribution < -0.4 is 19.6 Å². The molecule has 0 radical (unpaired) electrons. The van der Waals surface area contributed by atoms with E-state index in [2.05, 4.69) is 49.0 Å². The minimum absolute atomic E-state index is 0.301. The summed E-state index contributed by atoms with van der Waals surface area (Å²) in [5, 5.41) is 4.08. The van der Waals surface area contributed by atoms with Gasteiger partial charge in [-0.25, -0.2) is 5.43 Å². The topological polar surface area (TPSA) is 69.2 Å². The van der Waals surface area contributed by atoms with E-state index >= 15 is 0 Å². The van der Waals surface area contributed by atoms with Crippen molar-refractivity contribution in [1.29, 1.82) is 0 Å². The lowest BCUT2D eigenvalue weighted by molar-refractivity contribution is 0.0955. The third-order valence-corrected chi connectivity index (χ3v) is 5.85. The molecule has 0 spiro atoms. The largest absolute Gasteiger partial charge is 0.494 e. The Hall–Kier alpha value is -2.59. The van der Waals surface area contributed by atoms with Crippen molar-refractivity contribution >= 4 is 50.6 Å². The molecule has 0 aliphatic rings. The normalized spacial score (nSPS) is 10.8. The first-order chi connectivity index (χ1) is 16.0. The van der Waals surface area contributed by atoms with Crippen LogP contribution in [0.25, 0.3) is 0 Å². The highest BCUT2D eigenvalue weighted by Gasteiger charge is 2.12. The van der Waals surface area contributed by atoms with E-state index in [0.717, 1.165) is 31.3 Å². The van der Waals surface area contributed by atoms with Crippen molar-refractivity contribution in [2.24, 2.45) is 5.10 Å². The van der Waals surface area contributed by atoms with Crippen LogP contribution in [0.2, 0.25) is 0 Å². The van der Waals surface area contributed by atoms with E-state index in [1.165, 1.54) is 0 Å². The molecule has 8 heteroatoms. The Morgan fingerprint density at radius 1 is 1.09 bits per heavy atom. The number of nitrogens with zero attached hydrogens (tertiary/aromatic N) is 1. The number of benzene rings is 3. The fraction of sp³-hybridized carbons (Fsp3) is 0.200. The third-order valence-electron chi connectivity index (χ3n) is 4.52. The molecule has 3 rings (SSSR count). The first-order valence-corrected chi connectivity index (χ1v) is 12.2. The fourth-order valence-corrected chi connectivity index (χ4v) is 3.89. The van der Waals surface area contributed by atoms with Gasteiger partial charge >= 0.3 is 0 Å². The van der Waals surface area contributed by atoms with E-state index in [4.69, 9.17) is 14.2 Å². The zero-order valence-electron chi connectivity index (χ0n) is 18.3. The Kier molecular flexibility index (Phi) is 9.56. The van der Waals surface area contributed by atoms with Crippen LogP contribution in [0.15, 0.2) is 70.2 Å². The summed E-state index contributed by atoms with van der Waals surface area (Å²) in [6.07, 6.45) is 2.50. The minimum atomic E-state index is -0.301. The minimum Gasteiger partial charge on any atom is -0.494 e. The van der Waals surface area contributed by atoms with Crippen LogP contribution >= 0.6 is 38.5 Å². The highest BCUT2D eigenvalue weighted by molar-refractivity contribution is 14.1. The van der Waals surface area contributed by atoms with Gasteiger partial charge in [0.1, 0.15) is 12.4 Å². The molecule has 0 bridgehead atoms. The molecule has 0 saturated carbocycles. The fourth-order valence-electron chi connectivity index (χ4n) is 2.84. The van der Waals surface area contributed by atoms with Gasteiger partial charge in [-0.15, -0.1) is 0 Å². The number of amides is 1. The van der Waals surface area contributed by atoms with Crippen LogP contribution in [0.4, 0.5) is 0 Å². The van der Waals surface area contributed by atoms with E-state index in [1.54, 1.807) is 37.6 Å². The summed E-state index contributed by atoms with van der Waals surface area (Å²) in [6.45, 7) is 3.11. The van der Waals surface area contributed by atoms with Crippen LogP contribution in [0, 0.1) is 3.57 Å². The van der Waals surface area contributed by atoms with Crippen molar-refractivity contribution in [1.82, 2.24) is 5.43 Å². The summed E-state index contributed by atoms with van der Waals surface area (Å²) in [5.41, 5.74) is 4.87. The Morgan fingerprint density at radius 3 is 2.48 bits per heavy atom. The Balaban J connectivity index is 1.62. The number of hydrogen-bond donors (Lipinski definition) is 1. The molecule has 0 aromatic heterocycles. The quantitative estimate of drug-likeness (QED) is 0.166. The predicted octanol–water partition coefficient (Wildman–Crippen LogP) is 6.19. The van der Waals surface area contributed by atoms with Crippen molar-refractivity contribution in [2.75, 3.05) is 13.7 Å². The monoisotopic (exact) mass is 622 g/mol. The number of ether oxygens (including phenoxy) is 3. The maximum atomic E-state index is 12.3. The number of hydrogen-bond acceptors (Lipinski definition) is 5. The molecular weight excluding hydrogens is 599 g/mol. The summed E-state index contributed by atoms with van der Waals surface area (Å²) < 4.78 is 18.9. The number of rotatable bonds is 10. The third kappa shape index (κ3) is 7.46. The molecule has 0 aliphatic heterocycles. The van der Waals surface area contributed by atoms with Crippen molar-refractivity contribution in [3.05, 3.63) is 85.4 Å². The first kappa shape index (κ1) is 25.0. The molecule has 0 heterocycles. The summed E-state index contributed by atoms with van der Waals surface area (Å²) in [7, 11) is 1.59. The average molecular weight is 623 g/mol. The van der Waals surface area contributed by atoms with E-state index < -0.39 is 0 Å². The molecule has 0 aliphatic carbocycles. The number of carbonyl (C=O) groups excluding carboxylic acids is 1. The van der Waals surface area contributed by atoms with Crippen LogP contribution in [0.3, 0.4) is 0 Å². The molecule has 3 aromatic carbocycles. The van der Waals surface area contributed by atoms with E-state index in [-0.39, 0.29) is 5.91 Å². The molecule has 3 aromatic rings. The van der Waals surface area contributed by atoms with Crippen molar-refractivity contribution in [2.45, 2.75) is 20.0 Å². The standard InChI is InChI=1S/C25H24BrIN2O4/c1-3-12-32-21-10-6-19(7-11-21)25(30)29-28-15-18-13-22(27)24(23(14-18)31-2)33-16-17-4-8-20(26)9-5-17/h4-11,13-15H,3,12,16H2,1-2H3,(H,29,30)/b28-15+. The van der Waals surface area contributed by atoms with Gasteiger partial charge in [0.25, 0.3) is 5.91 Å². The molecule has 172 valence electrons. The summed E-state index contributed by atoms with van der Waals surface area (Å²) >= 11 is 5.63. The Morgan fingerprint density at radius 2 is 1.82 bits per heavy atom. The Bertz CT molecular complexity index is 1100. The zero-order chi connectivity index (χ0) is 23.6. The van der Waals surface area contributed by atoms with Gasteiger partial charge in [0, 0.05) is 10.0 Å². The summed E-state index contributed by atoms with van der Waals surface area (Å²) in [4.78, 5) is 12.3. The number of nitrogens with one attached hydrogen (secondary N) is 1. The summed E-state index contributed by atoms with van der Waals surface area (Å²) in [6, 6.07) is 18.6. The molecular formula is C25H24BrIN2O4. The zero-order valence-corrected chi connectivity index (χ0v) is 22.1. The van der Waals surface area contributed by atoms with Crippen LogP contribution in [0.1, 0.15) is 34.8 Å². The summed E-state index contributed by atoms with van der Waals surface area (Å²) in [5.74, 6) is 1.69. The molecule has 33 heavy (non-hydrogen) atoms. The van der Waals surface area contributed by atoms with E-state index in [9.17, 15) is 4.79 Å². The highest BCUT2D eigenvalue weighted by Crippen LogP contribution is 2.34. The molecule has 0 unspecified atom stereocenters. The predicted molar refractivity (Wildman–Crippen MR) is 141 cm³/mol. The maximum absolute atomic E-state index is 12.3. The molecule has 0 saturated heterocycles. The lowest BCUT2D eigenvalue weighted by atomic mass is 10.2. The molecule has 1 N–H and O–H groups in total. The van der Waals surface area contributed by atoms with Gasteiger partial charge in [0.15, 0.2) is 11.5 Å². The lowest BCUT2D eigenvalue weighted by Crippen LogP contribution is -2.17. The maximum Gasteiger partial charge on any atom is 0.271 e. The van der Waals surface area contributed by atoms with Crippen molar-refractivity contribution in [3.8, 4) is 17.2 Å². The number of methoxy groups -OCH3 is 1. The highest BCUT2D eigenvalue weighted by atomic mass is 127. The van der Waals surface area contributed by atoms with Crippen LogP contribution in [-0.4, -0.2) is 25.8 Å². The number of carbonyl (C=O) groups is 1. The lowest BCUT2D eigenvalue weighted by Gasteiger charge is -2.13. The Labute approximate surface area is 215 Å². The molecule has 6 nitrogen and oxygen atoms in total. The van der Waals surface area contributed by atoms with Gasteiger partial charge in [-0.05, 0) is 88.7 Å². The second kappa shape index (κ2) is 12.6. The van der Waals surface area contributed by atoms with E-state index in [0.29, 0.717) is 30.3 Å². The van der Waals surface area contributed by atoms with Gasteiger partial charge < -0.3 is 14.2 Å². The van der Waals surface area contributed by atoms with Gasteiger partial charge in [0.2, 0.25) is 0 Å². The average Bonchev–Trinajstić information content (AvgIpc) is 2.83.